The Hall–Kier alpha value is -1.92. The van der Waals surface area contributed by atoms with Gasteiger partial charge in [-0.1, -0.05) is 57.7 Å². The minimum Gasteiger partial charge on any atom is -0.507 e. The normalized spacial score (nSPS) is 15.8. The second-order valence-corrected chi connectivity index (χ2v) is 9.51. The molecule has 160 valence electrons. The lowest BCUT2D eigenvalue weighted by atomic mass is 9.77. The molecule has 1 aliphatic rings. The van der Waals surface area contributed by atoms with Crippen molar-refractivity contribution in [3.8, 4) is 5.75 Å². The smallest absolute Gasteiger partial charge is 0.246 e. The van der Waals surface area contributed by atoms with Gasteiger partial charge in [0.05, 0.1) is 10.6 Å². The Morgan fingerprint density at radius 2 is 1.67 bits per heavy atom. The van der Waals surface area contributed by atoms with Crippen LogP contribution in [0.5, 0.6) is 5.75 Å². The second-order valence-electron chi connectivity index (χ2n) is 7.65. The van der Waals surface area contributed by atoms with Crippen LogP contribution in [0.4, 0.5) is 11.4 Å². The number of phenols is 1. The molecule has 4 nitrogen and oxygen atoms in total. The first-order valence-electron chi connectivity index (χ1n) is 10.5. The van der Waals surface area contributed by atoms with E-state index in [2.05, 4.69) is 13.8 Å². The Bertz CT molecular complexity index is 906. The van der Waals surface area contributed by atoms with E-state index in [1.54, 1.807) is 11.0 Å². The summed E-state index contributed by atoms with van der Waals surface area (Å²) in [5.74, 6) is -0.0128. The van der Waals surface area contributed by atoms with E-state index in [0.29, 0.717) is 28.3 Å². The number of unbranched alkanes of at least 4 members (excludes halogenated alkanes) is 2. The lowest BCUT2D eigenvalue weighted by Gasteiger charge is -2.34. The summed E-state index contributed by atoms with van der Waals surface area (Å²) in [6.45, 7) is 4.16. The maximum Gasteiger partial charge on any atom is 0.246 e. The molecule has 2 aromatic rings. The van der Waals surface area contributed by atoms with E-state index in [1.807, 2.05) is 42.7 Å². The van der Waals surface area contributed by atoms with E-state index in [0.717, 1.165) is 43.1 Å². The second kappa shape index (κ2) is 9.92. The SMILES string of the molecule is CCCCC1(CCCC)C(=O)Sc2cc(O)c(SC)cc2N(c2ccccc2)C1=O. The average molecular weight is 444 g/mol. The van der Waals surface area contributed by atoms with Crippen molar-refractivity contribution in [3.05, 3.63) is 42.5 Å². The first-order chi connectivity index (χ1) is 14.5. The summed E-state index contributed by atoms with van der Waals surface area (Å²) in [5, 5.41) is 10.3. The van der Waals surface area contributed by atoms with Crippen molar-refractivity contribution in [2.45, 2.75) is 62.2 Å². The van der Waals surface area contributed by atoms with Gasteiger partial charge in [-0.25, -0.2) is 0 Å². The van der Waals surface area contributed by atoms with Crippen LogP contribution in [0.15, 0.2) is 52.3 Å². The molecule has 0 aliphatic carbocycles. The van der Waals surface area contributed by atoms with Crippen LogP contribution in [0, 0.1) is 5.41 Å². The van der Waals surface area contributed by atoms with E-state index in [-0.39, 0.29) is 16.8 Å². The van der Waals surface area contributed by atoms with Crippen molar-refractivity contribution in [3.63, 3.8) is 0 Å². The number of benzene rings is 2. The summed E-state index contributed by atoms with van der Waals surface area (Å²) in [4.78, 5) is 30.8. The summed E-state index contributed by atoms with van der Waals surface area (Å²) in [6.07, 6.45) is 6.48. The Morgan fingerprint density at radius 1 is 1.03 bits per heavy atom. The zero-order valence-electron chi connectivity index (χ0n) is 17.8. The Kier molecular flexibility index (Phi) is 7.53. The van der Waals surface area contributed by atoms with Gasteiger partial charge in [0.15, 0.2) is 0 Å². The molecule has 0 saturated carbocycles. The first kappa shape index (κ1) is 22.8. The number of carbonyl (C=O) groups is 2. The summed E-state index contributed by atoms with van der Waals surface area (Å²) < 4.78 is 0. The van der Waals surface area contributed by atoms with Gasteiger partial charge in [-0.3, -0.25) is 14.5 Å². The molecular weight excluding hydrogens is 414 g/mol. The minimum atomic E-state index is -1.05. The molecule has 1 N–H and O–H groups in total. The van der Waals surface area contributed by atoms with Gasteiger partial charge in [0.1, 0.15) is 11.2 Å². The highest BCUT2D eigenvalue weighted by molar-refractivity contribution is 8.14. The predicted octanol–water partition coefficient (Wildman–Crippen LogP) is 6.78. The molecule has 0 aromatic heterocycles. The van der Waals surface area contributed by atoms with Crippen molar-refractivity contribution >= 4 is 45.9 Å². The van der Waals surface area contributed by atoms with Crippen LogP contribution in [0.2, 0.25) is 0 Å². The van der Waals surface area contributed by atoms with Crippen LogP contribution in [0.3, 0.4) is 0 Å². The van der Waals surface area contributed by atoms with Crippen LogP contribution in [-0.2, 0) is 9.59 Å². The molecule has 2 aromatic carbocycles. The molecule has 6 heteroatoms. The van der Waals surface area contributed by atoms with E-state index >= 15 is 0 Å². The van der Waals surface area contributed by atoms with Crippen LogP contribution < -0.4 is 4.90 Å². The number of anilines is 2. The molecule has 0 fully saturated rings. The fourth-order valence-electron chi connectivity index (χ4n) is 3.90. The molecule has 0 bridgehead atoms. The molecule has 0 radical (unpaired) electrons. The Labute approximate surface area is 187 Å². The number of hydrogen-bond donors (Lipinski definition) is 1. The number of para-hydroxylation sites is 1. The Morgan fingerprint density at radius 3 is 2.23 bits per heavy atom. The molecule has 1 heterocycles. The minimum absolute atomic E-state index is 0.106. The van der Waals surface area contributed by atoms with E-state index in [1.165, 1.54) is 11.8 Å². The highest BCUT2D eigenvalue weighted by Gasteiger charge is 2.50. The van der Waals surface area contributed by atoms with Gasteiger partial charge < -0.3 is 5.11 Å². The van der Waals surface area contributed by atoms with Gasteiger partial charge in [-0.15, -0.1) is 11.8 Å². The molecule has 1 aliphatic heterocycles. The molecule has 0 atom stereocenters. The number of rotatable bonds is 8. The van der Waals surface area contributed by atoms with Crippen molar-refractivity contribution in [2.75, 3.05) is 11.2 Å². The highest BCUT2D eigenvalue weighted by atomic mass is 32.2. The van der Waals surface area contributed by atoms with E-state index < -0.39 is 5.41 Å². The molecular formula is C24H29NO3S2. The van der Waals surface area contributed by atoms with Crippen molar-refractivity contribution < 1.29 is 14.7 Å². The monoisotopic (exact) mass is 443 g/mol. The third-order valence-electron chi connectivity index (χ3n) is 5.64. The van der Waals surface area contributed by atoms with E-state index in [9.17, 15) is 14.7 Å². The van der Waals surface area contributed by atoms with Crippen LogP contribution in [0.25, 0.3) is 0 Å². The lowest BCUT2D eigenvalue weighted by molar-refractivity contribution is -0.136. The van der Waals surface area contributed by atoms with Gasteiger partial charge in [-0.2, -0.15) is 0 Å². The van der Waals surface area contributed by atoms with E-state index in [4.69, 9.17) is 0 Å². The number of nitrogens with zero attached hydrogens (tertiary/aromatic N) is 1. The maximum absolute atomic E-state index is 14.2. The lowest BCUT2D eigenvalue weighted by Crippen LogP contribution is -2.45. The molecule has 30 heavy (non-hydrogen) atoms. The largest absolute Gasteiger partial charge is 0.507 e. The number of thioether (sulfide) groups is 2. The van der Waals surface area contributed by atoms with Crippen molar-refractivity contribution in [1.82, 2.24) is 0 Å². The standard InChI is InChI=1S/C24H29NO3S2/c1-4-6-13-24(14-7-5-2)22(27)25(17-11-9-8-10-12-17)18-15-21(29-3)19(26)16-20(18)30-23(24)28/h8-12,15-16,26H,4-7,13-14H2,1-3H3. The van der Waals surface area contributed by atoms with Gasteiger partial charge in [0.25, 0.3) is 0 Å². The van der Waals surface area contributed by atoms with Crippen molar-refractivity contribution in [2.24, 2.45) is 5.41 Å². The summed E-state index contributed by atoms with van der Waals surface area (Å²) in [7, 11) is 0. The van der Waals surface area contributed by atoms with Gasteiger partial charge in [0.2, 0.25) is 11.0 Å². The predicted molar refractivity (Wildman–Crippen MR) is 126 cm³/mol. The maximum atomic E-state index is 14.2. The molecule has 1 amide bonds. The zero-order valence-corrected chi connectivity index (χ0v) is 19.4. The average Bonchev–Trinajstić information content (AvgIpc) is 2.83. The number of aromatic hydroxyl groups is 1. The van der Waals surface area contributed by atoms with Gasteiger partial charge in [-0.05, 0) is 55.1 Å². The summed E-state index contributed by atoms with van der Waals surface area (Å²) in [6, 6.07) is 13.0. The summed E-state index contributed by atoms with van der Waals surface area (Å²) >= 11 is 2.53. The molecule has 0 spiro atoms. The number of phenolic OH excluding ortho intramolecular Hbond substituents is 1. The van der Waals surface area contributed by atoms with Crippen LogP contribution in [0.1, 0.15) is 52.4 Å². The van der Waals surface area contributed by atoms with Crippen LogP contribution in [-0.4, -0.2) is 22.4 Å². The fourth-order valence-corrected chi connectivity index (χ4v) is 5.51. The quantitative estimate of drug-likeness (QED) is 0.360. The number of amides is 1. The van der Waals surface area contributed by atoms with Gasteiger partial charge >= 0.3 is 0 Å². The first-order valence-corrected chi connectivity index (χ1v) is 12.6. The third-order valence-corrected chi connectivity index (χ3v) is 7.53. The summed E-state index contributed by atoms with van der Waals surface area (Å²) in [5.41, 5.74) is 0.358. The number of hydrogen-bond acceptors (Lipinski definition) is 5. The van der Waals surface area contributed by atoms with Crippen molar-refractivity contribution in [1.29, 1.82) is 0 Å². The zero-order chi connectivity index (χ0) is 21.7. The number of carbonyl (C=O) groups excluding carboxylic acids is 2. The highest BCUT2D eigenvalue weighted by Crippen LogP contribution is 2.51. The molecule has 0 unspecified atom stereocenters. The number of fused-ring (bicyclic) bond motifs is 1. The molecule has 0 saturated heterocycles. The fraction of sp³-hybridized carbons (Fsp3) is 0.417. The molecule has 3 rings (SSSR count). The van der Waals surface area contributed by atoms with Gasteiger partial charge in [0, 0.05) is 10.6 Å². The van der Waals surface area contributed by atoms with Crippen LogP contribution >= 0.6 is 23.5 Å². The Balaban J connectivity index is 2.24. The topological polar surface area (TPSA) is 57.6 Å². The third kappa shape index (κ3) is 4.26.